The van der Waals surface area contributed by atoms with Gasteiger partial charge in [0.2, 0.25) is 5.91 Å². The van der Waals surface area contributed by atoms with Crippen molar-refractivity contribution in [1.82, 2.24) is 5.32 Å². The SMILES string of the molecule is CC(C)C(C)(C)C(C)C(=O)NCC1CCCCC1. The zero-order valence-electron chi connectivity index (χ0n) is 12.9. The number of carbonyl (C=O) groups excluding carboxylic acids is 1. The van der Waals surface area contributed by atoms with Gasteiger partial charge in [0.05, 0.1) is 0 Å². The van der Waals surface area contributed by atoms with Crippen LogP contribution >= 0.6 is 0 Å². The Morgan fingerprint density at radius 2 is 1.72 bits per heavy atom. The third-order valence-corrected chi connectivity index (χ3v) is 5.29. The van der Waals surface area contributed by atoms with Crippen molar-refractivity contribution in [3.8, 4) is 0 Å². The molecule has 2 nitrogen and oxygen atoms in total. The quantitative estimate of drug-likeness (QED) is 0.788. The highest BCUT2D eigenvalue weighted by atomic mass is 16.1. The normalized spacial score (nSPS) is 19.9. The molecule has 106 valence electrons. The van der Waals surface area contributed by atoms with Gasteiger partial charge in [-0.25, -0.2) is 0 Å². The summed E-state index contributed by atoms with van der Waals surface area (Å²) in [6, 6.07) is 0. The first kappa shape index (κ1) is 15.5. The summed E-state index contributed by atoms with van der Waals surface area (Å²) in [5.41, 5.74) is 0.0661. The van der Waals surface area contributed by atoms with Crippen LogP contribution in [0.2, 0.25) is 0 Å². The molecule has 1 unspecified atom stereocenters. The molecule has 0 spiro atoms. The highest BCUT2D eigenvalue weighted by molar-refractivity contribution is 5.79. The van der Waals surface area contributed by atoms with Gasteiger partial charge in [-0.15, -0.1) is 0 Å². The Kier molecular flexibility index (Phi) is 5.68. The summed E-state index contributed by atoms with van der Waals surface area (Å²) in [5.74, 6) is 1.56. The van der Waals surface area contributed by atoms with Crippen LogP contribution in [-0.4, -0.2) is 12.5 Å². The number of hydrogen-bond donors (Lipinski definition) is 1. The van der Waals surface area contributed by atoms with Gasteiger partial charge in [-0.1, -0.05) is 53.9 Å². The van der Waals surface area contributed by atoms with E-state index < -0.39 is 0 Å². The fourth-order valence-corrected chi connectivity index (χ4v) is 2.63. The van der Waals surface area contributed by atoms with E-state index in [1.165, 1.54) is 32.1 Å². The first-order valence-electron chi connectivity index (χ1n) is 7.63. The standard InChI is InChI=1S/C16H31NO/c1-12(2)16(4,5)13(3)15(18)17-11-14-9-7-6-8-10-14/h12-14H,6-11H2,1-5H3,(H,17,18). The summed E-state index contributed by atoms with van der Waals surface area (Å²) in [6.45, 7) is 11.7. The van der Waals surface area contributed by atoms with Crippen LogP contribution in [0.15, 0.2) is 0 Å². The summed E-state index contributed by atoms with van der Waals surface area (Å²) < 4.78 is 0. The number of hydrogen-bond acceptors (Lipinski definition) is 1. The number of rotatable bonds is 5. The average molecular weight is 253 g/mol. The van der Waals surface area contributed by atoms with Crippen LogP contribution in [0, 0.1) is 23.2 Å². The van der Waals surface area contributed by atoms with Crippen molar-refractivity contribution in [3.05, 3.63) is 0 Å². The van der Waals surface area contributed by atoms with E-state index in [0.717, 1.165) is 12.5 Å². The molecule has 0 heterocycles. The second-order valence-electron chi connectivity index (χ2n) is 6.95. The topological polar surface area (TPSA) is 29.1 Å². The van der Waals surface area contributed by atoms with Crippen molar-refractivity contribution in [3.63, 3.8) is 0 Å². The minimum atomic E-state index is 0.0661. The molecule has 2 heteroatoms. The van der Waals surface area contributed by atoms with Gasteiger partial charge in [-0.2, -0.15) is 0 Å². The van der Waals surface area contributed by atoms with Crippen molar-refractivity contribution in [1.29, 1.82) is 0 Å². The molecule has 1 aliphatic carbocycles. The first-order chi connectivity index (χ1) is 8.35. The number of carbonyl (C=O) groups is 1. The highest BCUT2D eigenvalue weighted by Gasteiger charge is 2.34. The predicted octanol–water partition coefficient (Wildman–Crippen LogP) is 4.00. The van der Waals surface area contributed by atoms with E-state index in [4.69, 9.17) is 0 Å². The predicted molar refractivity (Wildman–Crippen MR) is 77.4 cm³/mol. The summed E-state index contributed by atoms with van der Waals surface area (Å²) in [6.07, 6.45) is 6.65. The third-order valence-electron chi connectivity index (χ3n) is 5.29. The summed E-state index contributed by atoms with van der Waals surface area (Å²) in [5, 5.41) is 3.17. The van der Waals surface area contributed by atoms with Gasteiger partial charge in [-0.05, 0) is 30.1 Å². The third kappa shape index (κ3) is 4.00. The van der Waals surface area contributed by atoms with E-state index in [9.17, 15) is 4.79 Å². The van der Waals surface area contributed by atoms with Crippen LogP contribution in [0.25, 0.3) is 0 Å². The molecule has 0 aliphatic heterocycles. The molecule has 1 rings (SSSR count). The van der Waals surface area contributed by atoms with Crippen molar-refractivity contribution in [2.24, 2.45) is 23.2 Å². The zero-order chi connectivity index (χ0) is 13.8. The molecular weight excluding hydrogens is 222 g/mol. The molecule has 0 aromatic heterocycles. The van der Waals surface area contributed by atoms with Gasteiger partial charge in [-0.3, -0.25) is 4.79 Å². The minimum Gasteiger partial charge on any atom is -0.356 e. The smallest absolute Gasteiger partial charge is 0.223 e. The van der Waals surface area contributed by atoms with Crippen molar-refractivity contribution in [2.75, 3.05) is 6.54 Å². The van der Waals surface area contributed by atoms with Gasteiger partial charge >= 0.3 is 0 Å². The molecule has 1 saturated carbocycles. The van der Waals surface area contributed by atoms with E-state index in [-0.39, 0.29) is 17.2 Å². The van der Waals surface area contributed by atoms with Crippen LogP contribution in [0.4, 0.5) is 0 Å². The fourth-order valence-electron chi connectivity index (χ4n) is 2.63. The summed E-state index contributed by atoms with van der Waals surface area (Å²) >= 11 is 0. The lowest BCUT2D eigenvalue weighted by Crippen LogP contribution is -2.41. The van der Waals surface area contributed by atoms with Gasteiger partial charge in [0.25, 0.3) is 0 Å². The molecule has 1 N–H and O–H groups in total. The van der Waals surface area contributed by atoms with E-state index >= 15 is 0 Å². The Balaban J connectivity index is 2.40. The fraction of sp³-hybridized carbons (Fsp3) is 0.938. The molecule has 0 aromatic carbocycles. The minimum absolute atomic E-state index is 0.0661. The lowest BCUT2D eigenvalue weighted by Gasteiger charge is -2.35. The van der Waals surface area contributed by atoms with Crippen LogP contribution in [0.5, 0.6) is 0 Å². The maximum atomic E-state index is 12.2. The number of amides is 1. The van der Waals surface area contributed by atoms with Crippen LogP contribution in [-0.2, 0) is 4.79 Å². The van der Waals surface area contributed by atoms with Crippen LogP contribution in [0.1, 0.15) is 66.7 Å². The van der Waals surface area contributed by atoms with Gasteiger partial charge in [0.15, 0.2) is 0 Å². The van der Waals surface area contributed by atoms with Crippen molar-refractivity contribution in [2.45, 2.75) is 66.7 Å². The zero-order valence-corrected chi connectivity index (χ0v) is 12.9. The monoisotopic (exact) mass is 253 g/mol. The van der Waals surface area contributed by atoms with E-state index in [1.54, 1.807) is 0 Å². The van der Waals surface area contributed by atoms with Crippen molar-refractivity contribution >= 4 is 5.91 Å². The van der Waals surface area contributed by atoms with Crippen LogP contribution in [0.3, 0.4) is 0 Å². The van der Waals surface area contributed by atoms with E-state index in [2.05, 4.69) is 39.9 Å². The molecule has 0 saturated heterocycles. The largest absolute Gasteiger partial charge is 0.356 e. The molecule has 1 fully saturated rings. The second kappa shape index (κ2) is 6.58. The second-order valence-corrected chi connectivity index (χ2v) is 6.95. The Morgan fingerprint density at radius 1 is 1.17 bits per heavy atom. The van der Waals surface area contributed by atoms with Gasteiger partial charge in [0, 0.05) is 12.5 Å². The summed E-state index contributed by atoms with van der Waals surface area (Å²) in [4.78, 5) is 12.2. The molecule has 1 atom stereocenters. The maximum absolute atomic E-state index is 12.2. The molecule has 0 bridgehead atoms. The molecule has 1 aliphatic rings. The highest BCUT2D eigenvalue weighted by Crippen LogP contribution is 2.35. The van der Waals surface area contributed by atoms with Gasteiger partial charge in [0.1, 0.15) is 0 Å². The Labute approximate surface area is 113 Å². The molecule has 1 amide bonds. The average Bonchev–Trinajstić information content (AvgIpc) is 2.36. The first-order valence-corrected chi connectivity index (χ1v) is 7.63. The van der Waals surface area contributed by atoms with Crippen molar-refractivity contribution < 1.29 is 4.79 Å². The lowest BCUT2D eigenvalue weighted by molar-refractivity contribution is -0.129. The molecular formula is C16H31NO. The van der Waals surface area contributed by atoms with Crippen LogP contribution < -0.4 is 5.32 Å². The number of nitrogens with one attached hydrogen (secondary N) is 1. The van der Waals surface area contributed by atoms with E-state index in [0.29, 0.717) is 5.92 Å². The lowest BCUT2D eigenvalue weighted by atomic mass is 9.71. The van der Waals surface area contributed by atoms with Gasteiger partial charge < -0.3 is 5.32 Å². The molecule has 0 radical (unpaired) electrons. The Hall–Kier alpha value is -0.530. The summed E-state index contributed by atoms with van der Waals surface area (Å²) in [7, 11) is 0. The Morgan fingerprint density at radius 3 is 2.22 bits per heavy atom. The Bertz CT molecular complexity index is 264. The molecule has 18 heavy (non-hydrogen) atoms. The molecule has 0 aromatic rings. The van der Waals surface area contributed by atoms with E-state index in [1.807, 2.05) is 0 Å². The maximum Gasteiger partial charge on any atom is 0.223 e.